The molecule has 0 spiro atoms. The summed E-state index contributed by atoms with van der Waals surface area (Å²) in [5.74, 6) is 0. The molecule has 0 aliphatic carbocycles. The molecule has 0 unspecified atom stereocenters. The molecule has 1 atom stereocenters. The van der Waals surface area contributed by atoms with Crippen LogP contribution in [0.2, 0.25) is 0 Å². The highest BCUT2D eigenvalue weighted by atomic mass is 15.3. The van der Waals surface area contributed by atoms with Crippen LogP contribution >= 0.6 is 0 Å². The van der Waals surface area contributed by atoms with Gasteiger partial charge < -0.3 is 5.32 Å². The first kappa shape index (κ1) is 8.30. The number of nitrogens with zero attached hydrogens (tertiary/aromatic N) is 1. The zero-order chi connectivity index (χ0) is 9.38. The van der Waals surface area contributed by atoms with E-state index in [0.29, 0.717) is 6.17 Å². The summed E-state index contributed by atoms with van der Waals surface area (Å²) in [5, 5.41) is 3.62. The van der Waals surface area contributed by atoms with Crippen LogP contribution in [0.15, 0.2) is 24.3 Å². The Labute approximate surface area is 84.9 Å². The van der Waals surface area contributed by atoms with Crippen molar-refractivity contribution < 1.29 is 0 Å². The molecule has 0 amide bonds. The van der Waals surface area contributed by atoms with Crippen molar-refractivity contribution in [2.45, 2.75) is 32.0 Å². The SMILES string of the molecule is c1ccc2c(c1)CN1CCCC[C@@H]1N2. The molecule has 2 aliphatic heterocycles. The monoisotopic (exact) mass is 188 g/mol. The summed E-state index contributed by atoms with van der Waals surface area (Å²) in [4.78, 5) is 2.56. The third-order valence-electron chi connectivity index (χ3n) is 3.33. The van der Waals surface area contributed by atoms with Gasteiger partial charge in [0.2, 0.25) is 0 Å². The highest BCUT2D eigenvalue weighted by Gasteiger charge is 2.26. The smallest absolute Gasteiger partial charge is 0.0796 e. The van der Waals surface area contributed by atoms with Gasteiger partial charge >= 0.3 is 0 Å². The standard InChI is InChI=1S/C12H16N2/c1-2-6-11-10(5-1)9-14-8-4-3-7-12(14)13-11/h1-2,5-6,12-13H,3-4,7-9H2/t12-/m1/s1. The van der Waals surface area contributed by atoms with E-state index in [1.54, 1.807) is 0 Å². The van der Waals surface area contributed by atoms with Crippen molar-refractivity contribution in [1.82, 2.24) is 4.90 Å². The summed E-state index contributed by atoms with van der Waals surface area (Å²) in [5.41, 5.74) is 2.79. The van der Waals surface area contributed by atoms with Crippen LogP contribution in [0.25, 0.3) is 0 Å². The normalized spacial score (nSPS) is 26.1. The van der Waals surface area contributed by atoms with Crippen molar-refractivity contribution in [2.24, 2.45) is 0 Å². The third kappa shape index (κ3) is 1.30. The summed E-state index contributed by atoms with van der Waals surface area (Å²) in [7, 11) is 0. The topological polar surface area (TPSA) is 15.3 Å². The lowest BCUT2D eigenvalue weighted by atomic mass is 10.0. The minimum atomic E-state index is 0.596. The van der Waals surface area contributed by atoms with Gasteiger partial charge in [0.25, 0.3) is 0 Å². The second kappa shape index (κ2) is 3.28. The van der Waals surface area contributed by atoms with Crippen LogP contribution in [-0.2, 0) is 6.54 Å². The first-order chi connectivity index (χ1) is 6.93. The molecule has 3 rings (SSSR count). The number of hydrogen-bond acceptors (Lipinski definition) is 2. The second-order valence-electron chi connectivity index (χ2n) is 4.28. The van der Waals surface area contributed by atoms with Gasteiger partial charge in [-0.3, -0.25) is 4.90 Å². The summed E-state index contributed by atoms with van der Waals surface area (Å²) in [6.45, 7) is 2.39. The lowest BCUT2D eigenvalue weighted by molar-refractivity contribution is 0.151. The van der Waals surface area contributed by atoms with Crippen LogP contribution in [0.4, 0.5) is 5.69 Å². The van der Waals surface area contributed by atoms with Crippen LogP contribution in [-0.4, -0.2) is 17.6 Å². The Kier molecular flexibility index (Phi) is 1.95. The lowest BCUT2D eigenvalue weighted by Gasteiger charge is -2.41. The number of nitrogens with one attached hydrogen (secondary N) is 1. The van der Waals surface area contributed by atoms with Crippen LogP contribution in [0.1, 0.15) is 24.8 Å². The minimum Gasteiger partial charge on any atom is -0.369 e. The fourth-order valence-electron chi connectivity index (χ4n) is 2.54. The van der Waals surface area contributed by atoms with E-state index in [2.05, 4.69) is 34.5 Å². The maximum Gasteiger partial charge on any atom is 0.0796 e. The average Bonchev–Trinajstić information content (AvgIpc) is 2.26. The van der Waals surface area contributed by atoms with Gasteiger partial charge in [-0.25, -0.2) is 0 Å². The summed E-state index contributed by atoms with van der Waals surface area (Å²) >= 11 is 0. The third-order valence-corrected chi connectivity index (χ3v) is 3.33. The Bertz CT molecular complexity index is 302. The van der Waals surface area contributed by atoms with E-state index in [4.69, 9.17) is 0 Å². The molecule has 1 fully saturated rings. The molecule has 2 aliphatic rings. The number of benzene rings is 1. The highest BCUT2D eigenvalue weighted by molar-refractivity contribution is 5.53. The van der Waals surface area contributed by atoms with Gasteiger partial charge in [-0.2, -0.15) is 0 Å². The number of piperidine rings is 1. The van der Waals surface area contributed by atoms with Crippen molar-refractivity contribution in [2.75, 3.05) is 11.9 Å². The van der Waals surface area contributed by atoms with Crippen LogP contribution < -0.4 is 5.32 Å². The molecule has 2 heterocycles. The van der Waals surface area contributed by atoms with Gasteiger partial charge in [-0.15, -0.1) is 0 Å². The summed E-state index contributed by atoms with van der Waals surface area (Å²) in [6, 6.07) is 8.67. The van der Waals surface area contributed by atoms with Crippen molar-refractivity contribution in [1.29, 1.82) is 0 Å². The van der Waals surface area contributed by atoms with Gasteiger partial charge in [0.1, 0.15) is 0 Å². The molecular weight excluding hydrogens is 172 g/mol. The molecular formula is C12H16N2. The average molecular weight is 188 g/mol. The maximum atomic E-state index is 3.62. The Morgan fingerprint density at radius 1 is 1.21 bits per heavy atom. The molecule has 1 saturated heterocycles. The first-order valence-corrected chi connectivity index (χ1v) is 5.52. The lowest BCUT2D eigenvalue weighted by Crippen LogP contribution is -2.46. The van der Waals surface area contributed by atoms with Crippen LogP contribution in [0.3, 0.4) is 0 Å². The highest BCUT2D eigenvalue weighted by Crippen LogP contribution is 2.29. The Morgan fingerprint density at radius 3 is 3.14 bits per heavy atom. The van der Waals surface area contributed by atoms with Crippen molar-refractivity contribution >= 4 is 5.69 Å². The van der Waals surface area contributed by atoms with Crippen molar-refractivity contribution in [3.8, 4) is 0 Å². The number of hydrogen-bond donors (Lipinski definition) is 1. The molecule has 0 aromatic heterocycles. The fraction of sp³-hybridized carbons (Fsp3) is 0.500. The molecule has 2 heteroatoms. The van der Waals surface area contributed by atoms with E-state index in [-0.39, 0.29) is 0 Å². The van der Waals surface area contributed by atoms with Gasteiger partial charge in [0.05, 0.1) is 6.17 Å². The first-order valence-electron chi connectivity index (χ1n) is 5.52. The predicted octanol–water partition coefficient (Wildman–Crippen LogP) is 2.42. The summed E-state index contributed by atoms with van der Waals surface area (Å²) in [6.07, 6.45) is 4.63. The van der Waals surface area contributed by atoms with E-state index >= 15 is 0 Å². The number of para-hydroxylation sites is 1. The number of fused-ring (bicyclic) bond motifs is 2. The number of rotatable bonds is 0. The summed E-state index contributed by atoms with van der Waals surface area (Å²) < 4.78 is 0. The molecule has 0 radical (unpaired) electrons. The van der Waals surface area contributed by atoms with Gasteiger partial charge in [-0.1, -0.05) is 18.2 Å². The van der Waals surface area contributed by atoms with E-state index in [1.165, 1.54) is 37.1 Å². The Hall–Kier alpha value is -1.02. The fourth-order valence-corrected chi connectivity index (χ4v) is 2.54. The van der Waals surface area contributed by atoms with Gasteiger partial charge in [0.15, 0.2) is 0 Å². The zero-order valence-electron chi connectivity index (χ0n) is 8.37. The molecule has 1 N–H and O–H groups in total. The minimum absolute atomic E-state index is 0.596. The largest absolute Gasteiger partial charge is 0.369 e. The van der Waals surface area contributed by atoms with Crippen LogP contribution in [0, 0.1) is 0 Å². The van der Waals surface area contributed by atoms with Crippen molar-refractivity contribution in [3.63, 3.8) is 0 Å². The molecule has 14 heavy (non-hydrogen) atoms. The van der Waals surface area contributed by atoms with Crippen molar-refractivity contribution in [3.05, 3.63) is 29.8 Å². The molecule has 2 nitrogen and oxygen atoms in total. The van der Waals surface area contributed by atoms with E-state index in [0.717, 1.165) is 6.54 Å². The van der Waals surface area contributed by atoms with E-state index in [9.17, 15) is 0 Å². The quantitative estimate of drug-likeness (QED) is 0.672. The van der Waals surface area contributed by atoms with Gasteiger partial charge in [-0.05, 0) is 30.9 Å². The number of anilines is 1. The Morgan fingerprint density at radius 2 is 2.14 bits per heavy atom. The molecule has 1 aromatic carbocycles. The molecule has 0 bridgehead atoms. The van der Waals surface area contributed by atoms with E-state index < -0.39 is 0 Å². The Balaban J connectivity index is 1.91. The zero-order valence-corrected chi connectivity index (χ0v) is 8.37. The molecule has 1 aromatic rings. The van der Waals surface area contributed by atoms with E-state index in [1.807, 2.05) is 0 Å². The molecule has 0 saturated carbocycles. The molecule has 74 valence electrons. The van der Waals surface area contributed by atoms with Crippen LogP contribution in [0.5, 0.6) is 0 Å². The predicted molar refractivity (Wildman–Crippen MR) is 58.1 cm³/mol. The maximum absolute atomic E-state index is 3.62. The second-order valence-corrected chi connectivity index (χ2v) is 4.28. The van der Waals surface area contributed by atoms with Gasteiger partial charge in [0, 0.05) is 18.8 Å².